The smallest absolute Gasteiger partial charge is 0.202 e. The van der Waals surface area contributed by atoms with E-state index in [1.807, 2.05) is 0 Å². The van der Waals surface area contributed by atoms with Gasteiger partial charge in [-0.15, -0.1) is 0 Å². The molecule has 0 bridgehead atoms. The maximum absolute atomic E-state index is 2.59. The lowest BCUT2D eigenvalue weighted by atomic mass is 10.1. The molecule has 0 heterocycles. The average Bonchev–Trinajstić information content (AvgIpc) is 2.00. The van der Waals surface area contributed by atoms with E-state index in [0.29, 0.717) is 0 Å². The lowest BCUT2D eigenvalue weighted by Crippen LogP contribution is -2.58. The van der Waals surface area contributed by atoms with Crippen LogP contribution in [0.3, 0.4) is 0 Å². The number of nitrogens with zero attached hydrogens (tertiary/aromatic N) is 2. The van der Waals surface area contributed by atoms with Gasteiger partial charge in [-0.2, -0.15) is 0 Å². The summed E-state index contributed by atoms with van der Waals surface area (Å²) >= 11 is 0. The van der Waals surface area contributed by atoms with Crippen molar-refractivity contribution in [2.45, 2.75) is 38.6 Å². The molecular weight excluding hydrogens is 215 g/mol. The van der Waals surface area contributed by atoms with E-state index < -0.39 is 16.3 Å². The first-order valence-corrected chi connectivity index (χ1v) is 12.0. The van der Waals surface area contributed by atoms with Crippen LogP contribution in [0, 0.1) is 0 Å². The summed E-state index contributed by atoms with van der Waals surface area (Å²) in [6, 6.07) is 1.34. The second-order valence-electron chi connectivity index (χ2n) is 6.11. The zero-order valence-corrected chi connectivity index (χ0v) is 13.9. The molecule has 0 aliphatic heterocycles. The summed E-state index contributed by atoms with van der Waals surface area (Å²) < 4.78 is 4.90. The molecule has 0 N–H and O–H groups in total. The summed E-state index contributed by atoms with van der Waals surface area (Å²) in [6.07, 6.45) is 1.29. The third-order valence-corrected chi connectivity index (χ3v) is 9.90. The molecule has 0 fully saturated rings. The van der Waals surface area contributed by atoms with Crippen LogP contribution in [-0.4, -0.2) is 60.5 Å². The molecule has 0 spiro atoms. The fraction of sp³-hybridized carbons (Fsp3) is 1.00. The largest absolute Gasteiger partial charge is 0.317 e. The zero-order chi connectivity index (χ0) is 12.3. The van der Waals surface area contributed by atoms with E-state index in [1.165, 1.54) is 12.4 Å². The Hall–Kier alpha value is 0.419. The van der Waals surface area contributed by atoms with Gasteiger partial charge in [-0.25, -0.2) is 0 Å². The molecule has 0 aliphatic carbocycles. The molecule has 2 nitrogen and oxygen atoms in total. The van der Waals surface area contributed by atoms with Crippen LogP contribution in [0.1, 0.15) is 0 Å². The Morgan fingerprint density at radius 2 is 1.27 bits per heavy atom. The van der Waals surface area contributed by atoms with Gasteiger partial charge in [0.2, 0.25) is 8.40 Å². The van der Waals surface area contributed by atoms with E-state index in [4.69, 9.17) is 0 Å². The first-order chi connectivity index (χ1) is 6.59. The monoisotopic (exact) mass is 243 g/mol. The van der Waals surface area contributed by atoms with Crippen LogP contribution in [0.2, 0.25) is 38.6 Å². The minimum absolute atomic E-state index is 0.966. The molecule has 15 heavy (non-hydrogen) atoms. The fourth-order valence-electron chi connectivity index (χ4n) is 1.63. The molecule has 0 atom stereocenters. The third kappa shape index (κ3) is 5.33. The van der Waals surface area contributed by atoms with Crippen LogP contribution >= 0.6 is 0 Å². The highest BCUT2D eigenvalue weighted by molar-refractivity contribution is 7.23. The van der Waals surface area contributed by atoms with E-state index in [9.17, 15) is 0 Å². The highest BCUT2D eigenvalue weighted by Gasteiger charge is 2.33. The summed E-state index contributed by atoms with van der Waals surface area (Å²) in [5.41, 5.74) is 0. The maximum atomic E-state index is 2.59. The number of hydrogen-bond donors (Lipinski definition) is 0. The van der Waals surface area contributed by atoms with Crippen molar-refractivity contribution in [2.75, 3.05) is 28.2 Å². The van der Waals surface area contributed by atoms with E-state index >= 15 is 0 Å². The Labute approximate surface area is 99.4 Å². The first kappa shape index (κ1) is 15.4. The van der Waals surface area contributed by atoms with Crippen LogP contribution in [-0.2, 0) is 0 Å². The number of rotatable bonds is 6. The van der Waals surface area contributed by atoms with Gasteiger partial charge in [0, 0.05) is 7.94 Å². The van der Waals surface area contributed by atoms with Crippen LogP contribution in [0.15, 0.2) is 0 Å². The molecule has 0 aromatic carbocycles. The second-order valence-corrected chi connectivity index (χ2v) is 16.0. The molecule has 1 radical (unpaired) electrons. The summed E-state index contributed by atoms with van der Waals surface area (Å²) in [5.74, 6) is 0. The topological polar surface area (TPSA) is 6.48 Å². The molecule has 0 aromatic rings. The van der Waals surface area contributed by atoms with Gasteiger partial charge in [-0.1, -0.05) is 26.0 Å². The van der Waals surface area contributed by atoms with Crippen LogP contribution in [0.5, 0.6) is 0 Å². The molecule has 0 saturated heterocycles. The van der Waals surface area contributed by atoms with Gasteiger partial charge in [0.1, 0.15) is 6.87 Å². The van der Waals surface area contributed by atoms with Crippen LogP contribution in [0.25, 0.3) is 0 Å². The minimum atomic E-state index is -1.35. The minimum Gasteiger partial charge on any atom is -0.317 e. The average molecular weight is 243 g/mol. The molecule has 89 valence electrons. The molecule has 0 aromatic heterocycles. The Morgan fingerprint density at radius 1 is 0.867 bits per heavy atom. The van der Waals surface area contributed by atoms with Gasteiger partial charge in [-0.05, 0) is 40.8 Å². The molecule has 0 saturated carbocycles. The molecule has 0 amide bonds. The Kier molecular flexibility index (Phi) is 5.82. The highest BCUT2D eigenvalue weighted by Crippen LogP contribution is 2.18. The lowest BCUT2D eigenvalue weighted by molar-refractivity contribution is 0.486. The highest BCUT2D eigenvalue weighted by atomic mass is 28.3. The summed E-state index contributed by atoms with van der Waals surface area (Å²) in [6.45, 7) is 12.3. The quantitative estimate of drug-likeness (QED) is 0.659. The molecular formula is C10H28BN2Si2. The van der Waals surface area contributed by atoms with E-state index in [-0.39, 0.29) is 0 Å². The van der Waals surface area contributed by atoms with Gasteiger partial charge in [0.25, 0.3) is 0 Å². The number of hydrogen-bond acceptors (Lipinski definition) is 2. The zero-order valence-electron chi connectivity index (χ0n) is 11.9. The van der Waals surface area contributed by atoms with Crippen LogP contribution < -0.4 is 0 Å². The van der Waals surface area contributed by atoms with Gasteiger partial charge in [0.15, 0.2) is 0 Å². The lowest BCUT2D eigenvalue weighted by Gasteiger charge is -2.40. The third-order valence-electron chi connectivity index (χ3n) is 3.30. The van der Waals surface area contributed by atoms with Crippen molar-refractivity contribution in [1.29, 1.82) is 0 Å². The molecule has 0 unspecified atom stereocenters. The molecule has 0 rings (SSSR count). The Morgan fingerprint density at radius 3 is 1.53 bits per heavy atom. The normalized spacial score (nSPS) is 13.7. The van der Waals surface area contributed by atoms with Crippen molar-refractivity contribution < 1.29 is 0 Å². The van der Waals surface area contributed by atoms with Gasteiger partial charge < -0.3 is 9.13 Å². The predicted octanol–water partition coefficient (Wildman–Crippen LogP) is 2.14. The SMILES string of the molecule is CN(C)[Si](C)(CC[B][Si](C)(C)C)N(C)C. The van der Waals surface area contributed by atoms with Crippen molar-refractivity contribution in [3.05, 3.63) is 0 Å². The van der Waals surface area contributed by atoms with Gasteiger partial charge in [-0.3, -0.25) is 0 Å². The Balaban J connectivity index is 4.21. The van der Waals surface area contributed by atoms with Crippen molar-refractivity contribution in [1.82, 2.24) is 9.13 Å². The second kappa shape index (κ2) is 5.66. The molecule has 5 heteroatoms. The van der Waals surface area contributed by atoms with E-state index in [2.05, 4.69) is 70.4 Å². The standard InChI is InChI=1S/C10H28BN2Si2/c1-12(2)15(8,13(3)4)10-9-11-14(5,6)7/h9-10H2,1-8H3. The first-order valence-electron chi connectivity index (χ1n) is 5.79. The predicted molar refractivity (Wildman–Crippen MR) is 77.7 cm³/mol. The van der Waals surface area contributed by atoms with Crippen LogP contribution in [0.4, 0.5) is 0 Å². The van der Waals surface area contributed by atoms with E-state index in [1.54, 1.807) is 0 Å². The van der Waals surface area contributed by atoms with Gasteiger partial charge >= 0.3 is 0 Å². The van der Waals surface area contributed by atoms with Gasteiger partial charge in [0.05, 0.1) is 0 Å². The van der Waals surface area contributed by atoms with E-state index in [0.717, 1.165) is 0 Å². The van der Waals surface area contributed by atoms with Crippen molar-refractivity contribution in [3.63, 3.8) is 0 Å². The maximum Gasteiger partial charge on any atom is 0.202 e. The van der Waals surface area contributed by atoms with Crippen molar-refractivity contribution in [3.8, 4) is 0 Å². The van der Waals surface area contributed by atoms with Crippen molar-refractivity contribution in [2.24, 2.45) is 0 Å². The summed E-state index contributed by atoms with van der Waals surface area (Å²) in [5, 5.41) is 0. The summed E-state index contributed by atoms with van der Waals surface area (Å²) in [4.78, 5) is 0. The molecule has 0 aliphatic rings. The summed E-state index contributed by atoms with van der Waals surface area (Å²) in [7, 11) is 6.58. The Bertz CT molecular complexity index is 182. The van der Waals surface area contributed by atoms with Crippen molar-refractivity contribution >= 4 is 23.2 Å². The fourth-order valence-corrected chi connectivity index (χ4v) is 5.31.